The van der Waals surface area contributed by atoms with E-state index >= 15 is 0 Å². The first kappa shape index (κ1) is 13.9. The highest BCUT2D eigenvalue weighted by Gasteiger charge is 2.38. The minimum absolute atomic E-state index is 0.358. The van der Waals surface area contributed by atoms with Gasteiger partial charge < -0.3 is 10.4 Å². The Balaban J connectivity index is 1.67. The molecule has 2 unspecified atom stereocenters. The Bertz CT molecular complexity index is 427. The molecule has 2 N–H and O–H groups in total. The fraction of sp³-hybridized carbons (Fsp3) is 0.647. The molecule has 1 aliphatic carbocycles. The SMILES string of the molecule is CCCC1CN(Cc2ccc(O)cc2)C(C2CC2)CN1. The van der Waals surface area contributed by atoms with Gasteiger partial charge in [-0.2, -0.15) is 0 Å². The highest BCUT2D eigenvalue weighted by Crippen LogP contribution is 2.37. The molecule has 20 heavy (non-hydrogen) atoms. The number of phenols is 1. The molecule has 3 nitrogen and oxygen atoms in total. The van der Waals surface area contributed by atoms with Crippen molar-refractivity contribution in [2.45, 2.75) is 51.2 Å². The van der Waals surface area contributed by atoms with Gasteiger partial charge in [-0.15, -0.1) is 0 Å². The number of aromatic hydroxyl groups is 1. The van der Waals surface area contributed by atoms with Gasteiger partial charge in [-0.05, 0) is 42.9 Å². The third-order valence-corrected chi connectivity index (χ3v) is 4.66. The zero-order valence-electron chi connectivity index (χ0n) is 12.4. The molecule has 3 rings (SSSR count). The third-order valence-electron chi connectivity index (χ3n) is 4.66. The van der Waals surface area contributed by atoms with Gasteiger partial charge in [-0.25, -0.2) is 0 Å². The minimum atomic E-state index is 0.358. The second kappa shape index (κ2) is 6.15. The fourth-order valence-electron chi connectivity index (χ4n) is 3.40. The van der Waals surface area contributed by atoms with Crippen LogP contribution < -0.4 is 5.32 Å². The van der Waals surface area contributed by atoms with Crippen molar-refractivity contribution in [3.8, 4) is 5.75 Å². The maximum absolute atomic E-state index is 9.40. The number of hydrogen-bond donors (Lipinski definition) is 2. The molecule has 0 aromatic heterocycles. The molecular weight excluding hydrogens is 248 g/mol. The molecule has 1 saturated carbocycles. The average Bonchev–Trinajstić information content (AvgIpc) is 3.27. The second-order valence-electron chi connectivity index (χ2n) is 6.39. The van der Waals surface area contributed by atoms with E-state index < -0.39 is 0 Å². The lowest BCUT2D eigenvalue weighted by atomic mass is 10.0. The first-order valence-corrected chi connectivity index (χ1v) is 8.01. The van der Waals surface area contributed by atoms with Gasteiger partial charge in [0.25, 0.3) is 0 Å². The summed E-state index contributed by atoms with van der Waals surface area (Å²) >= 11 is 0. The molecule has 1 aromatic carbocycles. The number of hydrogen-bond acceptors (Lipinski definition) is 3. The molecule has 0 spiro atoms. The average molecular weight is 274 g/mol. The largest absolute Gasteiger partial charge is 0.508 e. The molecule has 1 aromatic rings. The third kappa shape index (κ3) is 3.33. The lowest BCUT2D eigenvalue weighted by Crippen LogP contribution is -2.56. The molecular formula is C17H26N2O. The number of nitrogens with one attached hydrogen (secondary N) is 1. The van der Waals surface area contributed by atoms with Crippen LogP contribution in [0.5, 0.6) is 5.75 Å². The van der Waals surface area contributed by atoms with Crippen LogP contribution in [0.15, 0.2) is 24.3 Å². The van der Waals surface area contributed by atoms with E-state index in [0.717, 1.165) is 25.6 Å². The molecule has 3 heteroatoms. The molecule has 0 amide bonds. The van der Waals surface area contributed by atoms with Gasteiger partial charge >= 0.3 is 0 Å². The molecule has 1 saturated heterocycles. The Morgan fingerprint density at radius 2 is 2.00 bits per heavy atom. The van der Waals surface area contributed by atoms with Crippen molar-refractivity contribution in [1.29, 1.82) is 0 Å². The number of rotatable bonds is 5. The van der Waals surface area contributed by atoms with Crippen LogP contribution in [0.25, 0.3) is 0 Å². The van der Waals surface area contributed by atoms with Gasteiger partial charge in [0.15, 0.2) is 0 Å². The number of piperazine rings is 1. The van der Waals surface area contributed by atoms with Crippen molar-refractivity contribution in [3.05, 3.63) is 29.8 Å². The van der Waals surface area contributed by atoms with E-state index in [4.69, 9.17) is 0 Å². The Labute approximate surface area is 122 Å². The normalized spacial score (nSPS) is 27.6. The first-order valence-electron chi connectivity index (χ1n) is 8.01. The summed E-state index contributed by atoms with van der Waals surface area (Å²) in [5.41, 5.74) is 1.31. The molecule has 0 radical (unpaired) electrons. The van der Waals surface area contributed by atoms with Crippen molar-refractivity contribution < 1.29 is 5.11 Å². The maximum Gasteiger partial charge on any atom is 0.115 e. The van der Waals surface area contributed by atoms with Gasteiger partial charge in [0.05, 0.1) is 0 Å². The molecule has 2 aliphatic rings. The van der Waals surface area contributed by atoms with E-state index in [0.29, 0.717) is 17.8 Å². The van der Waals surface area contributed by atoms with Crippen LogP contribution in [0.2, 0.25) is 0 Å². The van der Waals surface area contributed by atoms with E-state index in [9.17, 15) is 5.11 Å². The lowest BCUT2D eigenvalue weighted by Gasteiger charge is -2.41. The van der Waals surface area contributed by atoms with Crippen LogP contribution in [0.1, 0.15) is 38.2 Å². The summed E-state index contributed by atoms with van der Waals surface area (Å²) in [6.07, 6.45) is 5.32. The van der Waals surface area contributed by atoms with Gasteiger partial charge in [-0.1, -0.05) is 25.5 Å². The Morgan fingerprint density at radius 1 is 1.25 bits per heavy atom. The molecule has 1 aliphatic heterocycles. The van der Waals surface area contributed by atoms with Crippen molar-refractivity contribution >= 4 is 0 Å². The highest BCUT2D eigenvalue weighted by molar-refractivity contribution is 5.26. The molecule has 0 bridgehead atoms. The standard InChI is InChI=1S/C17H26N2O/c1-2-3-15-12-19(17(10-18-15)14-6-7-14)11-13-4-8-16(20)9-5-13/h4-5,8-9,14-15,17-18,20H,2-3,6-7,10-12H2,1H3. The molecule has 110 valence electrons. The summed E-state index contributed by atoms with van der Waals surface area (Å²) in [6, 6.07) is 9.05. The minimum Gasteiger partial charge on any atom is -0.508 e. The van der Waals surface area contributed by atoms with Gasteiger partial charge in [-0.3, -0.25) is 4.90 Å². The van der Waals surface area contributed by atoms with E-state index in [2.05, 4.69) is 29.3 Å². The molecule has 2 fully saturated rings. The predicted octanol–water partition coefficient (Wildman–Crippen LogP) is 2.74. The lowest BCUT2D eigenvalue weighted by molar-refractivity contribution is 0.104. The van der Waals surface area contributed by atoms with Crippen LogP contribution >= 0.6 is 0 Å². The fourth-order valence-corrected chi connectivity index (χ4v) is 3.40. The van der Waals surface area contributed by atoms with Crippen molar-refractivity contribution in [2.24, 2.45) is 5.92 Å². The smallest absolute Gasteiger partial charge is 0.115 e. The van der Waals surface area contributed by atoms with E-state index in [1.807, 2.05) is 0 Å². The summed E-state index contributed by atoms with van der Waals surface area (Å²) in [7, 11) is 0. The maximum atomic E-state index is 9.40. The van der Waals surface area contributed by atoms with E-state index in [1.54, 1.807) is 12.1 Å². The zero-order chi connectivity index (χ0) is 13.9. The first-order chi connectivity index (χ1) is 9.76. The molecule has 2 atom stereocenters. The number of benzene rings is 1. The number of nitrogens with zero attached hydrogens (tertiary/aromatic N) is 1. The highest BCUT2D eigenvalue weighted by atomic mass is 16.3. The summed E-state index contributed by atoms with van der Waals surface area (Å²) in [5, 5.41) is 13.1. The summed E-state index contributed by atoms with van der Waals surface area (Å²) in [4.78, 5) is 2.67. The quantitative estimate of drug-likeness (QED) is 0.866. The van der Waals surface area contributed by atoms with Crippen molar-refractivity contribution in [2.75, 3.05) is 13.1 Å². The van der Waals surface area contributed by atoms with Crippen LogP contribution in [0, 0.1) is 5.92 Å². The Hall–Kier alpha value is -1.06. The van der Waals surface area contributed by atoms with Crippen LogP contribution in [-0.4, -0.2) is 35.2 Å². The van der Waals surface area contributed by atoms with Gasteiger partial charge in [0, 0.05) is 31.7 Å². The number of phenolic OH excluding ortho intramolecular Hbond substituents is 1. The van der Waals surface area contributed by atoms with Gasteiger partial charge in [0.1, 0.15) is 5.75 Å². The zero-order valence-corrected chi connectivity index (χ0v) is 12.4. The topological polar surface area (TPSA) is 35.5 Å². The summed E-state index contributed by atoms with van der Waals surface area (Å²) < 4.78 is 0. The predicted molar refractivity (Wildman–Crippen MR) is 81.7 cm³/mol. The van der Waals surface area contributed by atoms with E-state index in [-0.39, 0.29) is 0 Å². The van der Waals surface area contributed by atoms with Crippen LogP contribution in [-0.2, 0) is 6.54 Å². The molecule has 1 heterocycles. The Morgan fingerprint density at radius 3 is 2.65 bits per heavy atom. The van der Waals surface area contributed by atoms with Gasteiger partial charge in [0.2, 0.25) is 0 Å². The van der Waals surface area contributed by atoms with Crippen molar-refractivity contribution in [1.82, 2.24) is 10.2 Å². The van der Waals surface area contributed by atoms with Crippen LogP contribution in [0.4, 0.5) is 0 Å². The van der Waals surface area contributed by atoms with E-state index in [1.165, 1.54) is 31.2 Å². The second-order valence-corrected chi connectivity index (χ2v) is 6.39. The van der Waals surface area contributed by atoms with Crippen molar-refractivity contribution in [3.63, 3.8) is 0 Å². The summed E-state index contributed by atoms with van der Waals surface area (Å²) in [6.45, 7) is 5.59. The Kier molecular flexibility index (Phi) is 4.27. The monoisotopic (exact) mass is 274 g/mol. The van der Waals surface area contributed by atoms with Crippen LogP contribution in [0.3, 0.4) is 0 Å². The summed E-state index contributed by atoms with van der Waals surface area (Å²) in [5.74, 6) is 1.26.